The van der Waals surface area contributed by atoms with Crippen molar-refractivity contribution in [1.82, 2.24) is 24.4 Å². The van der Waals surface area contributed by atoms with Gasteiger partial charge in [-0.15, -0.1) is 0 Å². The van der Waals surface area contributed by atoms with Gasteiger partial charge in [-0.05, 0) is 36.4 Å². The zero-order valence-corrected chi connectivity index (χ0v) is 22.6. The van der Waals surface area contributed by atoms with Crippen molar-refractivity contribution in [3.05, 3.63) is 60.4 Å². The first-order chi connectivity index (χ1) is 19.7. The van der Waals surface area contributed by atoms with Crippen LogP contribution in [0, 0.1) is 0 Å². The Morgan fingerprint density at radius 1 is 0.925 bits per heavy atom. The average molecular weight is 544 g/mol. The van der Waals surface area contributed by atoms with Gasteiger partial charge in [0.05, 0.1) is 62.2 Å². The van der Waals surface area contributed by atoms with Gasteiger partial charge in [0, 0.05) is 56.6 Å². The minimum absolute atomic E-state index is 0.371. The number of hydrogen-bond donors (Lipinski definition) is 1. The molecule has 2 aromatic carbocycles. The number of rotatable bonds is 8. The van der Waals surface area contributed by atoms with E-state index in [1.807, 2.05) is 24.5 Å². The quantitative estimate of drug-likeness (QED) is 0.333. The van der Waals surface area contributed by atoms with Crippen LogP contribution in [0.1, 0.15) is 10.4 Å². The predicted molar refractivity (Wildman–Crippen MR) is 152 cm³/mol. The van der Waals surface area contributed by atoms with Crippen LogP contribution in [0.5, 0.6) is 0 Å². The highest BCUT2D eigenvalue weighted by atomic mass is 16.5. The molecule has 2 saturated heterocycles. The maximum atomic E-state index is 11.8. The molecular formula is C29H33N7O4. The molecular weight excluding hydrogens is 510 g/mol. The molecule has 0 bridgehead atoms. The summed E-state index contributed by atoms with van der Waals surface area (Å²) in [6.45, 7) is 8.13. The van der Waals surface area contributed by atoms with Gasteiger partial charge in [0.2, 0.25) is 5.95 Å². The van der Waals surface area contributed by atoms with E-state index < -0.39 is 0 Å². The first kappa shape index (κ1) is 26.2. The van der Waals surface area contributed by atoms with Crippen molar-refractivity contribution < 1.29 is 19.0 Å². The van der Waals surface area contributed by atoms with Gasteiger partial charge in [-0.25, -0.2) is 14.8 Å². The normalized spacial score (nSPS) is 16.3. The third-order valence-electron chi connectivity index (χ3n) is 7.26. The summed E-state index contributed by atoms with van der Waals surface area (Å²) in [5, 5.41) is 3.37. The Morgan fingerprint density at radius 2 is 1.68 bits per heavy atom. The SMILES string of the molecule is COC(=O)c1ccc(Nc2cc(-c3ccc4c(c3)ncn4CCN3CCOCC3)nc(N3CCOCC3)n2)cc1. The molecule has 2 fully saturated rings. The number of imidazole rings is 1. The van der Waals surface area contributed by atoms with Crippen LogP contribution in [0.3, 0.4) is 0 Å². The van der Waals surface area contributed by atoms with E-state index >= 15 is 0 Å². The fraction of sp³-hybridized carbons (Fsp3) is 0.379. The van der Waals surface area contributed by atoms with Crippen molar-refractivity contribution in [3.8, 4) is 11.3 Å². The predicted octanol–water partition coefficient (Wildman–Crippen LogP) is 3.19. The van der Waals surface area contributed by atoms with Gasteiger partial charge in [-0.2, -0.15) is 4.98 Å². The lowest BCUT2D eigenvalue weighted by Gasteiger charge is -2.27. The molecule has 0 spiro atoms. The lowest BCUT2D eigenvalue weighted by molar-refractivity contribution is 0.0365. The van der Waals surface area contributed by atoms with Crippen LogP contribution in [0.15, 0.2) is 54.9 Å². The molecule has 2 aliphatic heterocycles. The highest BCUT2D eigenvalue weighted by Gasteiger charge is 2.18. The molecule has 4 heterocycles. The molecule has 11 nitrogen and oxygen atoms in total. The van der Waals surface area contributed by atoms with E-state index in [-0.39, 0.29) is 5.97 Å². The summed E-state index contributed by atoms with van der Waals surface area (Å²) in [5.74, 6) is 0.934. The summed E-state index contributed by atoms with van der Waals surface area (Å²) in [4.78, 5) is 30.8. The fourth-order valence-corrected chi connectivity index (χ4v) is 4.98. The number of hydrogen-bond acceptors (Lipinski definition) is 10. The van der Waals surface area contributed by atoms with Crippen LogP contribution in [-0.4, -0.2) is 96.6 Å². The number of methoxy groups -OCH3 is 1. The van der Waals surface area contributed by atoms with E-state index in [2.05, 4.69) is 37.9 Å². The largest absolute Gasteiger partial charge is 0.465 e. The van der Waals surface area contributed by atoms with Crippen LogP contribution in [0.4, 0.5) is 17.5 Å². The standard InChI is InChI=1S/C29H33N7O4/c1-38-28(37)21-2-5-23(6-3-21)31-27-19-24(32-29(33-27)35-12-16-40-17-13-35)22-4-7-26-25(18-22)30-20-36(26)9-8-34-10-14-39-15-11-34/h2-7,18-20H,8-17H2,1H3,(H,31,32,33). The van der Waals surface area contributed by atoms with Gasteiger partial charge >= 0.3 is 5.97 Å². The van der Waals surface area contributed by atoms with Crippen LogP contribution in [0.25, 0.3) is 22.3 Å². The van der Waals surface area contributed by atoms with E-state index in [1.165, 1.54) is 7.11 Å². The summed E-state index contributed by atoms with van der Waals surface area (Å²) in [5.41, 5.74) is 5.09. The van der Waals surface area contributed by atoms with E-state index in [0.29, 0.717) is 30.5 Å². The number of benzene rings is 2. The Bertz CT molecular complexity index is 1460. The second-order valence-corrected chi connectivity index (χ2v) is 9.83. The van der Waals surface area contributed by atoms with Gasteiger partial charge in [0.15, 0.2) is 0 Å². The average Bonchev–Trinajstić information content (AvgIpc) is 3.43. The summed E-state index contributed by atoms with van der Waals surface area (Å²) >= 11 is 0. The molecule has 0 unspecified atom stereocenters. The Morgan fingerprint density at radius 3 is 2.42 bits per heavy atom. The number of carbonyl (C=O) groups excluding carboxylic acids is 1. The molecule has 0 saturated carbocycles. The zero-order valence-electron chi connectivity index (χ0n) is 22.6. The monoisotopic (exact) mass is 543 g/mol. The molecule has 1 N–H and O–H groups in total. The zero-order chi connectivity index (χ0) is 27.3. The molecule has 0 amide bonds. The molecule has 0 radical (unpaired) electrons. The smallest absolute Gasteiger partial charge is 0.337 e. The van der Waals surface area contributed by atoms with Gasteiger partial charge in [-0.1, -0.05) is 6.07 Å². The molecule has 40 heavy (non-hydrogen) atoms. The number of anilines is 3. The Kier molecular flexibility index (Phi) is 7.85. The number of aromatic nitrogens is 4. The van der Waals surface area contributed by atoms with Crippen LogP contribution < -0.4 is 10.2 Å². The van der Waals surface area contributed by atoms with Crippen molar-refractivity contribution >= 4 is 34.5 Å². The number of fused-ring (bicyclic) bond motifs is 1. The minimum atomic E-state index is -0.371. The molecule has 208 valence electrons. The number of nitrogens with zero attached hydrogens (tertiary/aromatic N) is 6. The van der Waals surface area contributed by atoms with Gasteiger partial charge in [0.25, 0.3) is 0 Å². The fourth-order valence-electron chi connectivity index (χ4n) is 4.98. The van der Waals surface area contributed by atoms with Crippen molar-refractivity contribution in [3.63, 3.8) is 0 Å². The summed E-state index contributed by atoms with van der Waals surface area (Å²) < 4.78 is 18.0. The highest BCUT2D eigenvalue weighted by molar-refractivity contribution is 5.89. The molecule has 0 atom stereocenters. The molecule has 0 aliphatic carbocycles. The molecule has 11 heteroatoms. The van der Waals surface area contributed by atoms with E-state index in [4.69, 9.17) is 29.2 Å². The lowest BCUT2D eigenvalue weighted by atomic mass is 10.1. The number of esters is 1. The lowest BCUT2D eigenvalue weighted by Crippen LogP contribution is -2.38. The van der Waals surface area contributed by atoms with Gasteiger partial charge in [-0.3, -0.25) is 4.90 Å². The summed E-state index contributed by atoms with van der Waals surface area (Å²) in [6.07, 6.45) is 1.92. The maximum Gasteiger partial charge on any atom is 0.337 e. The van der Waals surface area contributed by atoms with Gasteiger partial charge in [0.1, 0.15) is 5.82 Å². The van der Waals surface area contributed by atoms with Crippen molar-refractivity contribution in [2.75, 3.05) is 76.5 Å². The van der Waals surface area contributed by atoms with Crippen LogP contribution in [0.2, 0.25) is 0 Å². The van der Waals surface area contributed by atoms with Crippen molar-refractivity contribution in [1.29, 1.82) is 0 Å². The Balaban J connectivity index is 1.27. The number of ether oxygens (including phenoxy) is 3. The van der Waals surface area contributed by atoms with Gasteiger partial charge < -0.3 is 29.0 Å². The second-order valence-electron chi connectivity index (χ2n) is 9.83. The molecule has 4 aromatic rings. The summed E-state index contributed by atoms with van der Waals surface area (Å²) in [6, 6.07) is 15.3. The Labute approximate surface area is 232 Å². The minimum Gasteiger partial charge on any atom is -0.465 e. The topological polar surface area (TPSA) is 107 Å². The van der Waals surface area contributed by atoms with Crippen molar-refractivity contribution in [2.24, 2.45) is 0 Å². The third-order valence-corrected chi connectivity index (χ3v) is 7.26. The Hall–Kier alpha value is -4.06. The maximum absolute atomic E-state index is 11.8. The summed E-state index contributed by atoms with van der Waals surface area (Å²) in [7, 11) is 1.37. The molecule has 2 aliphatic rings. The number of carbonyl (C=O) groups is 1. The first-order valence-corrected chi connectivity index (χ1v) is 13.6. The number of nitrogens with one attached hydrogen (secondary N) is 1. The van der Waals surface area contributed by atoms with Crippen LogP contribution in [-0.2, 0) is 20.8 Å². The number of morpholine rings is 2. The third kappa shape index (κ3) is 5.91. The van der Waals surface area contributed by atoms with Crippen LogP contribution >= 0.6 is 0 Å². The molecule has 2 aromatic heterocycles. The first-order valence-electron chi connectivity index (χ1n) is 13.6. The van der Waals surface area contributed by atoms with E-state index in [9.17, 15) is 4.79 Å². The van der Waals surface area contributed by atoms with E-state index in [0.717, 1.165) is 80.5 Å². The second kappa shape index (κ2) is 12.0. The highest BCUT2D eigenvalue weighted by Crippen LogP contribution is 2.28. The van der Waals surface area contributed by atoms with Crippen molar-refractivity contribution in [2.45, 2.75) is 6.54 Å². The van der Waals surface area contributed by atoms with E-state index in [1.54, 1.807) is 12.1 Å². The molecule has 6 rings (SSSR count).